The summed E-state index contributed by atoms with van der Waals surface area (Å²) in [5.41, 5.74) is 2.72. The largest absolute Gasteiger partial charge is 0.481 e. The van der Waals surface area contributed by atoms with Crippen molar-refractivity contribution in [1.29, 1.82) is 0 Å². The molecule has 31 heavy (non-hydrogen) atoms. The number of halogens is 1. The molecular formula is C22H27FN4O4. The number of morpholine rings is 1. The van der Waals surface area contributed by atoms with Gasteiger partial charge in [0.15, 0.2) is 0 Å². The Morgan fingerprint density at radius 2 is 1.97 bits per heavy atom. The molecule has 1 amide bonds. The van der Waals surface area contributed by atoms with Gasteiger partial charge in [-0.2, -0.15) is 0 Å². The van der Waals surface area contributed by atoms with Crippen LogP contribution in [-0.2, 0) is 9.53 Å². The smallest absolute Gasteiger partial charge is 0.248 e. The average molecular weight is 430 g/mol. The van der Waals surface area contributed by atoms with E-state index in [1.54, 1.807) is 4.90 Å². The molecule has 166 valence electrons. The molecule has 4 rings (SSSR count). The standard InChI is InChI=1S/C22H27FN4O4/c1-30-22-17(12-16(23)13-24-22)20-15-31-11-10-27(20)19-5-3-2-4-18(19)25-6-8-26(9-7-25)21(29)14-28/h2-5,12-13,20,28H,6-11,14-15H2,1H3. The Bertz CT molecular complexity index is 920. The van der Waals surface area contributed by atoms with E-state index in [1.165, 1.54) is 13.2 Å². The van der Waals surface area contributed by atoms with Crippen LogP contribution in [0.15, 0.2) is 36.5 Å². The molecule has 0 bridgehead atoms. The number of hydrogen-bond donors (Lipinski definition) is 1. The first kappa shape index (κ1) is 21.3. The van der Waals surface area contributed by atoms with Crippen molar-refractivity contribution < 1.29 is 23.8 Å². The van der Waals surface area contributed by atoms with Gasteiger partial charge in [0.25, 0.3) is 0 Å². The minimum atomic E-state index is -0.463. The Balaban J connectivity index is 1.63. The number of benzene rings is 1. The molecule has 2 aliphatic rings. The van der Waals surface area contributed by atoms with E-state index in [4.69, 9.17) is 14.6 Å². The van der Waals surface area contributed by atoms with Crippen molar-refractivity contribution in [2.75, 3.05) is 69.5 Å². The van der Waals surface area contributed by atoms with E-state index in [0.717, 1.165) is 17.6 Å². The predicted octanol–water partition coefficient (Wildman–Crippen LogP) is 1.45. The van der Waals surface area contributed by atoms with Crippen LogP contribution in [-0.4, -0.2) is 80.6 Å². The van der Waals surface area contributed by atoms with Crippen molar-refractivity contribution in [3.05, 3.63) is 47.9 Å². The molecule has 3 heterocycles. The molecule has 2 aliphatic heterocycles. The second-order valence-corrected chi connectivity index (χ2v) is 7.55. The number of methoxy groups -OCH3 is 1. The summed E-state index contributed by atoms with van der Waals surface area (Å²) in [5, 5.41) is 9.12. The Kier molecular flexibility index (Phi) is 6.53. The van der Waals surface area contributed by atoms with Gasteiger partial charge in [-0.15, -0.1) is 0 Å². The molecule has 8 nitrogen and oxygen atoms in total. The van der Waals surface area contributed by atoms with Crippen LogP contribution in [0, 0.1) is 5.82 Å². The number of aromatic nitrogens is 1. The summed E-state index contributed by atoms with van der Waals surface area (Å²) >= 11 is 0. The number of ether oxygens (including phenoxy) is 2. The lowest BCUT2D eigenvalue weighted by Gasteiger charge is -2.42. The zero-order valence-electron chi connectivity index (χ0n) is 17.5. The van der Waals surface area contributed by atoms with Gasteiger partial charge in [-0.3, -0.25) is 4.79 Å². The summed E-state index contributed by atoms with van der Waals surface area (Å²) in [5.74, 6) is -0.276. The van der Waals surface area contributed by atoms with E-state index in [0.29, 0.717) is 57.4 Å². The Hall–Kier alpha value is -2.91. The van der Waals surface area contributed by atoms with Crippen LogP contribution in [0.4, 0.5) is 15.8 Å². The molecule has 1 aromatic heterocycles. The lowest BCUT2D eigenvalue weighted by Crippen LogP contribution is -2.50. The van der Waals surface area contributed by atoms with Gasteiger partial charge >= 0.3 is 0 Å². The maximum Gasteiger partial charge on any atom is 0.248 e. The number of carbonyl (C=O) groups is 1. The van der Waals surface area contributed by atoms with Crippen molar-refractivity contribution >= 4 is 17.3 Å². The number of piperazine rings is 1. The Morgan fingerprint density at radius 3 is 2.68 bits per heavy atom. The highest BCUT2D eigenvalue weighted by atomic mass is 19.1. The molecule has 1 atom stereocenters. The normalized spacial score (nSPS) is 19.5. The highest BCUT2D eigenvalue weighted by molar-refractivity contribution is 5.78. The highest BCUT2D eigenvalue weighted by Crippen LogP contribution is 2.39. The van der Waals surface area contributed by atoms with Gasteiger partial charge in [0.1, 0.15) is 12.4 Å². The van der Waals surface area contributed by atoms with Crippen LogP contribution in [0.25, 0.3) is 0 Å². The molecule has 2 aromatic rings. The Morgan fingerprint density at radius 1 is 1.23 bits per heavy atom. The molecule has 1 aromatic carbocycles. The number of aliphatic hydroxyl groups excluding tert-OH is 1. The lowest BCUT2D eigenvalue weighted by molar-refractivity contribution is -0.134. The van der Waals surface area contributed by atoms with Crippen molar-refractivity contribution in [3.8, 4) is 5.88 Å². The maximum atomic E-state index is 14.0. The zero-order valence-corrected chi connectivity index (χ0v) is 17.5. The van der Waals surface area contributed by atoms with Crippen molar-refractivity contribution in [1.82, 2.24) is 9.88 Å². The Labute approximate surface area is 180 Å². The van der Waals surface area contributed by atoms with E-state index in [1.807, 2.05) is 12.1 Å². The number of hydrogen-bond acceptors (Lipinski definition) is 7. The summed E-state index contributed by atoms with van der Waals surface area (Å²) in [4.78, 5) is 22.0. The molecule has 9 heteroatoms. The topological polar surface area (TPSA) is 78.4 Å². The van der Waals surface area contributed by atoms with Crippen molar-refractivity contribution in [2.24, 2.45) is 0 Å². The summed E-state index contributed by atoms with van der Waals surface area (Å²) in [6.07, 6.45) is 1.15. The third kappa shape index (κ3) is 4.42. The van der Waals surface area contributed by atoms with Gasteiger partial charge in [-0.1, -0.05) is 12.1 Å². The van der Waals surface area contributed by atoms with E-state index in [2.05, 4.69) is 26.9 Å². The number of rotatable bonds is 5. The van der Waals surface area contributed by atoms with Gasteiger partial charge < -0.3 is 29.3 Å². The number of nitrogens with zero attached hydrogens (tertiary/aromatic N) is 4. The first-order valence-electron chi connectivity index (χ1n) is 10.4. The quantitative estimate of drug-likeness (QED) is 0.769. The van der Waals surface area contributed by atoms with Gasteiger partial charge in [-0.25, -0.2) is 9.37 Å². The molecule has 0 saturated carbocycles. The van der Waals surface area contributed by atoms with Crippen LogP contribution >= 0.6 is 0 Å². The second kappa shape index (κ2) is 9.49. The molecule has 0 aliphatic carbocycles. The average Bonchev–Trinajstić information content (AvgIpc) is 2.83. The first-order valence-corrected chi connectivity index (χ1v) is 10.4. The van der Waals surface area contributed by atoms with Gasteiger partial charge in [0.2, 0.25) is 11.8 Å². The maximum absolute atomic E-state index is 14.0. The van der Waals surface area contributed by atoms with Gasteiger partial charge in [0.05, 0.1) is 43.9 Å². The molecule has 0 radical (unpaired) electrons. The van der Waals surface area contributed by atoms with Crippen molar-refractivity contribution in [3.63, 3.8) is 0 Å². The minimum absolute atomic E-state index is 0.244. The molecule has 1 unspecified atom stereocenters. The third-order valence-electron chi connectivity index (χ3n) is 5.83. The molecule has 2 fully saturated rings. The number of pyridine rings is 1. The lowest BCUT2D eigenvalue weighted by atomic mass is 10.0. The van der Waals surface area contributed by atoms with E-state index in [9.17, 15) is 9.18 Å². The predicted molar refractivity (Wildman–Crippen MR) is 114 cm³/mol. The van der Waals surface area contributed by atoms with E-state index >= 15 is 0 Å². The van der Waals surface area contributed by atoms with Crippen molar-refractivity contribution in [2.45, 2.75) is 6.04 Å². The van der Waals surface area contributed by atoms with Crippen LogP contribution < -0.4 is 14.5 Å². The van der Waals surface area contributed by atoms with Crippen LogP contribution in [0.3, 0.4) is 0 Å². The fourth-order valence-corrected chi connectivity index (χ4v) is 4.27. The minimum Gasteiger partial charge on any atom is -0.481 e. The summed E-state index contributed by atoms with van der Waals surface area (Å²) < 4.78 is 25.2. The SMILES string of the molecule is COc1ncc(F)cc1C1COCCN1c1ccccc1N1CCN(C(=O)CO)CC1. The number of amides is 1. The molecule has 2 saturated heterocycles. The zero-order chi connectivity index (χ0) is 21.8. The summed E-state index contributed by atoms with van der Waals surface area (Å²) in [6, 6.07) is 9.30. The molecule has 1 N–H and O–H groups in total. The third-order valence-corrected chi connectivity index (χ3v) is 5.83. The second-order valence-electron chi connectivity index (χ2n) is 7.55. The number of carbonyl (C=O) groups excluding carboxylic acids is 1. The highest BCUT2D eigenvalue weighted by Gasteiger charge is 2.31. The fourth-order valence-electron chi connectivity index (χ4n) is 4.27. The molecule has 0 spiro atoms. The molecular weight excluding hydrogens is 403 g/mol. The van der Waals surface area contributed by atoms with Crippen LogP contribution in [0.2, 0.25) is 0 Å². The van der Waals surface area contributed by atoms with Crippen LogP contribution in [0.5, 0.6) is 5.88 Å². The number of para-hydroxylation sites is 2. The first-order chi connectivity index (χ1) is 15.1. The van der Waals surface area contributed by atoms with Crippen LogP contribution in [0.1, 0.15) is 11.6 Å². The summed E-state index contributed by atoms with van der Waals surface area (Å²) in [6.45, 7) is 3.60. The van der Waals surface area contributed by atoms with Gasteiger partial charge in [-0.05, 0) is 18.2 Å². The van der Waals surface area contributed by atoms with Gasteiger partial charge in [0, 0.05) is 38.3 Å². The number of anilines is 2. The number of aliphatic hydroxyl groups is 1. The van der Waals surface area contributed by atoms with E-state index < -0.39 is 12.4 Å². The van der Waals surface area contributed by atoms with E-state index in [-0.39, 0.29) is 11.9 Å². The fraction of sp³-hybridized carbons (Fsp3) is 0.455. The monoisotopic (exact) mass is 430 g/mol. The summed E-state index contributed by atoms with van der Waals surface area (Å²) in [7, 11) is 1.53.